The van der Waals surface area contributed by atoms with Gasteiger partial charge in [0.1, 0.15) is 5.75 Å². The summed E-state index contributed by atoms with van der Waals surface area (Å²) >= 11 is 3.49. The average Bonchev–Trinajstić information content (AvgIpc) is 2.41. The van der Waals surface area contributed by atoms with E-state index in [9.17, 15) is 4.79 Å². The average molecular weight is 311 g/mol. The predicted octanol–water partition coefficient (Wildman–Crippen LogP) is 4.53. The van der Waals surface area contributed by atoms with E-state index >= 15 is 0 Å². The highest BCUT2D eigenvalue weighted by Crippen LogP contribution is 2.33. The van der Waals surface area contributed by atoms with E-state index in [1.165, 1.54) is 19.3 Å². The number of carbonyl (C=O) groups is 1. The molecule has 0 unspecified atom stereocenters. The van der Waals surface area contributed by atoms with E-state index < -0.39 is 0 Å². The van der Waals surface area contributed by atoms with Gasteiger partial charge in [-0.05, 0) is 37.5 Å². The molecule has 0 heterocycles. The summed E-state index contributed by atoms with van der Waals surface area (Å²) < 4.78 is 6.33. The highest BCUT2D eigenvalue weighted by atomic mass is 79.9. The third-order valence-corrected chi connectivity index (χ3v) is 4.58. The number of methoxy groups -OCH3 is 1. The Kier molecular flexibility index (Phi) is 4.44. The molecular weight excluding hydrogens is 292 g/mol. The van der Waals surface area contributed by atoms with E-state index in [-0.39, 0.29) is 11.7 Å². The Balaban J connectivity index is 2.31. The van der Waals surface area contributed by atoms with Crippen LogP contribution < -0.4 is 4.74 Å². The second kappa shape index (κ2) is 5.87. The van der Waals surface area contributed by atoms with Crippen molar-refractivity contribution in [3.8, 4) is 5.75 Å². The molecule has 0 atom stereocenters. The van der Waals surface area contributed by atoms with Crippen molar-refractivity contribution in [1.82, 2.24) is 0 Å². The molecule has 0 N–H and O–H groups in total. The van der Waals surface area contributed by atoms with Crippen LogP contribution in [0.2, 0.25) is 0 Å². The summed E-state index contributed by atoms with van der Waals surface area (Å²) in [7, 11) is 1.63. The summed E-state index contributed by atoms with van der Waals surface area (Å²) in [4.78, 5) is 12.5. The first-order valence-electron chi connectivity index (χ1n) is 6.52. The normalized spacial score (nSPS) is 16.6. The minimum atomic E-state index is 0.183. The number of ketones is 1. The van der Waals surface area contributed by atoms with Crippen LogP contribution in [-0.4, -0.2) is 12.9 Å². The largest absolute Gasteiger partial charge is 0.496 e. The summed E-state index contributed by atoms with van der Waals surface area (Å²) in [5.41, 5.74) is 1.81. The highest BCUT2D eigenvalue weighted by molar-refractivity contribution is 9.10. The molecule has 0 saturated heterocycles. The Morgan fingerprint density at radius 3 is 2.56 bits per heavy atom. The zero-order valence-electron chi connectivity index (χ0n) is 11.0. The van der Waals surface area contributed by atoms with E-state index in [0.29, 0.717) is 5.75 Å². The van der Waals surface area contributed by atoms with Crippen LogP contribution >= 0.6 is 15.9 Å². The number of benzene rings is 1. The van der Waals surface area contributed by atoms with Crippen molar-refractivity contribution in [3.05, 3.63) is 27.7 Å². The summed E-state index contributed by atoms with van der Waals surface area (Å²) in [5, 5.41) is 0. The zero-order chi connectivity index (χ0) is 13.1. The van der Waals surface area contributed by atoms with E-state index in [1.807, 2.05) is 19.1 Å². The standard InChI is InChI=1S/C15H19BrO2/c1-10-8-14(18-2)12(9-13(10)16)15(17)11-6-4-3-5-7-11/h8-9,11H,3-7H2,1-2H3. The molecular formula is C15H19BrO2. The van der Waals surface area contributed by atoms with Gasteiger partial charge in [-0.3, -0.25) is 4.79 Å². The minimum Gasteiger partial charge on any atom is -0.496 e. The second-order valence-corrected chi connectivity index (χ2v) is 5.86. The van der Waals surface area contributed by atoms with E-state index in [1.54, 1.807) is 7.11 Å². The second-order valence-electron chi connectivity index (χ2n) is 5.00. The first kappa shape index (κ1) is 13.6. The number of hydrogen-bond acceptors (Lipinski definition) is 2. The molecule has 98 valence electrons. The van der Waals surface area contributed by atoms with E-state index in [2.05, 4.69) is 15.9 Å². The van der Waals surface area contributed by atoms with Gasteiger partial charge in [-0.25, -0.2) is 0 Å². The van der Waals surface area contributed by atoms with Gasteiger partial charge in [0.2, 0.25) is 0 Å². The van der Waals surface area contributed by atoms with Gasteiger partial charge in [-0.15, -0.1) is 0 Å². The Labute approximate surface area is 117 Å². The maximum atomic E-state index is 12.5. The maximum Gasteiger partial charge on any atom is 0.169 e. The summed E-state index contributed by atoms with van der Waals surface area (Å²) in [5.74, 6) is 1.13. The van der Waals surface area contributed by atoms with Crippen molar-refractivity contribution in [2.45, 2.75) is 39.0 Å². The van der Waals surface area contributed by atoms with Crippen LogP contribution in [0.4, 0.5) is 0 Å². The number of Topliss-reactive ketones (excluding diaryl/α,β-unsaturated/α-hetero) is 1. The van der Waals surface area contributed by atoms with Gasteiger partial charge < -0.3 is 4.74 Å². The predicted molar refractivity (Wildman–Crippen MR) is 76.3 cm³/mol. The molecule has 2 nitrogen and oxygen atoms in total. The first-order chi connectivity index (χ1) is 8.63. The highest BCUT2D eigenvalue weighted by Gasteiger charge is 2.25. The van der Waals surface area contributed by atoms with Gasteiger partial charge >= 0.3 is 0 Å². The van der Waals surface area contributed by atoms with Crippen LogP contribution in [0.3, 0.4) is 0 Å². The zero-order valence-corrected chi connectivity index (χ0v) is 12.5. The van der Waals surface area contributed by atoms with Crippen LogP contribution in [0, 0.1) is 12.8 Å². The Morgan fingerprint density at radius 2 is 1.94 bits per heavy atom. The smallest absolute Gasteiger partial charge is 0.169 e. The molecule has 1 saturated carbocycles. The van der Waals surface area contributed by atoms with Crippen LogP contribution in [0.25, 0.3) is 0 Å². The van der Waals surface area contributed by atoms with Crippen LogP contribution in [0.1, 0.15) is 48.0 Å². The first-order valence-corrected chi connectivity index (χ1v) is 7.31. The maximum absolute atomic E-state index is 12.5. The molecule has 1 aliphatic carbocycles. The summed E-state index contributed by atoms with van der Waals surface area (Å²) in [6.45, 7) is 2.00. The van der Waals surface area contributed by atoms with Crippen molar-refractivity contribution in [1.29, 1.82) is 0 Å². The van der Waals surface area contributed by atoms with Gasteiger partial charge in [-0.2, -0.15) is 0 Å². The number of ether oxygens (including phenoxy) is 1. The molecule has 0 spiro atoms. The number of hydrogen-bond donors (Lipinski definition) is 0. The lowest BCUT2D eigenvalue weighted by Crippen LogP contribution is -2.18. The van der Waals surface area contributed by atoms with Crippen molar-refractivity contribution in [2.24, 2.45) is 5.92 Å². The van der Waals surface area contributed by atoms with Crippen molar-refractivity contribution >= 4 is 21.7 Å². The fourth-order valence-electron chi connectivity index (χ4n) is 2.60. The molecule has 0 aliphatic heterocycles. The Bertz CT molecular complexity index is 448. The van der Waals surface area contributed by atoms with Crippen molar-refractivity contribution in [2.75, 3.05) is 7.11 Å². The topological polar surface area (TPSA) is 26.3 Å². The molecule has 1 fully saturated rings. The number of aryl methyl sites for hydroxylation is 1. The Morgan fingerprint density at radius 1 is 1.28 bits per heavy atom. The third-order valence-electron chi connectivity index (χ3n) is 3.72. The van der Waals surface area contributed by atoms with Gasteiger partial charge in [0.25, 0.3) is 0 Å². The van der Waals surface area contributed by atoms with Gasteiger partial charge in [0.15, 0.2) is 5.78 Å². The minimum absolute atomic E-state index is 0.183. The number of halogens is 1. The molecule has 2 rings (SSSR count). The van der Waals surface area contributed by atoms with Crippen molar-refractivity contribution in [3.63, 3.8) is 0 Å². The van der Waals surface area contributed by atoms with Gasteiger partial charge in [-0.1, -0.05) is 35.2 Å². The molecule has 0 bridgehead atoms. The van der Waals surface area contributed by atoms with E-state index in [0.717, 1.165) is 28.4 Å². The van der Waals surface area contributed by atoms with Crippen molar-refractivity contribution < 1.29 is 9.53 Å². The molecule has 0 radical (unpaired) electrons. The fourth-order valence-corrected chi connectivity index (χ4v) is 2.94. The van der Waals surface area contributed by atoms with Crippen LogP contribution in [-0.2, 0) is 0 Å². The molecule has 1 aromatic carbocycles. The summed E-state index contributed by atoms with van der Waals surface area (Å²) in [6.07, 6.45) is 5.65. The SMILES string of the molecule is COc1cc(C)c(Br)cc1C(=O)C1CCCCC1. The molecule has 3 heteroatoms. The van der Waals surface area contributed by atoms with Gasteiger partial charge in [0.05, 0.1) is 12.7 Å². The quantitative estimate of drug-likeness (QED) is 0.767. The van der Waals surface area contributed by atoms with Crippen LogP contribution in [0.15, 0.2) is 16.6 Å². The number of rotatable bonds is 3. The molecule has 0 amide bonds. The van der Waals surface area contributed by atoms with E-state index in [4.69, 9.17) is 4.74 Å². The molecule has 1 aromatic rings. The Hall–Kier alpha value is -0.830. The lowest BCUT2D eigenvalue weighted by molar-refractivity contribution is 0.0886. The molecule has 18 heavy (non-hydrogen) atoms. The fraction of sp³-hybridized carbons (Fsp3) is 0.533. The molecule has 1 aliphatic rings. The third kappa shape index (κ3) is 2.77. The molecule has 0 aromatic heterocycles. The summed E-state index contributed by atoms with van der Waals surface area (Å²) in [6, 6.07) is 3.84. The monoisotopic (exact) mass is 310 g/mol. The van der Waals surface area contributed by atoms with Gasteiger partial charge in [0, 0.05) is 10.4 Å². The lowest BCUT2D eigenvalue weighted by atomic mass is 9.83. The van der Waals surface area contributed by atoms with Crippen LogP contribution in [0.5, 0.6) is 5.75 Å². The lowest BCUT2D eigenvalue weighted by Gasteiger charge is -2.21. The number of carbonyl (C=O) groups excluding carboxylic acids is 1.